The van der Waals surface area contributed by atoms with E-state index in [1.165, 1.54) is 32.2 Å². The Morgan fingerprint density at radius 2 is 1.66 bits per heavy atom. The largest absolute Gasteiger partial charge is 0.506 e. The maximum absolute atomic E-state index is 14.8. The van der Waals surface area contributed by atoms with Crippen LogP contribution in [0.5, 0.6) is 5.75 Å². The van der Waals surface area contributed by atoms with Crippen molar-refractivity contribution in [1.29, 1.82) is 0 Å². The number of phenols is 1. The minimum atomic E-state index is -2.00. The van der Waals surface area contributed by atoms with Gasteiger partial charge in [-0.3, -0.25) is 33.8 Å². The van der Waals surface area contributed by atoms with Gasteiger partial charge >= 0.3 is 5.97 Å². The average Bonchev–Trinajstić information content (AvgIpc) is 3.23. The highest BCUT2D eigenvalue weighted by Gasteiger charge is 2.47. The van der Waals surface area contributed by atoms with E-state index in [0.717, 1.165) is 9.80 Å². The average molecular weight is 896 g/mol. The standard InChI is InChI=1S/C40H62ClN9O12/c1-7-19(3)30-39(61)62-21(5)31(48-35(57)28(53)18-51)36(58)45-24(10-9-15-44-40(42)43)33(55)46-25-12-14-29(54)50(37(25)59)32(20(4)8-2)38(60)49(6)26(34(56)47-30)17-22-11-13-27(52)23(41)16-22/h11,13,16,19-21,24-26,28-32,51-54H,7-10,12,14-15,17-18H2,1-6H3,(H,45,58)(H,46,55)(H,47,56)(H,48,57)(H4,42,43,44)/t19-,20-,21+,24?,25-,26-,28+,29+,30-,31?,32?/m0/s1. The zero-order valence-electron chi connectivity index (χ0n) is 35.9. The Bertz CT molecular complexity index is 1820. The summed E-state index contributed by atoms with van der Waals surface area (Å²) < 4.78 is 5.74. The summed E-state index contributed by atoms with van der Waals surface area (Å²) >= 11 is 6.22. The summed E-state index contributed by atoms with van der Waals surface area (Å²) in [4.78, 5) is 105. The number of benzene rings is 1. The molecule has 62 heavy (non-hydrogen) atoms. The second kappa shape index (κ2) is 23.3. The molecule has 21 nitrogen and oxygen atoms in total. The lowest BCUT2D eigenvalue weighted by atomic mass is 9.91. The van der Waals surface area contributed by atoms with Crippen molar-refractivity contribution in [3.05, 3.63) is 28.8 Å². The van der Waals surface area contributed by atoms with Crippen molar-refractivity contribution in [3.8, 4) is 5.75 Å². The molecule has 0 spiro atoms. The first-order valence-corrected chi connectivity index (χ1v) is 21.0. The van der Waals surface area contributed by atoms with Crippen molar-refractivity contribution in [2.75, 3.05) is 20.2 Å². The number of nitrogens with two attached hydrogens (primary N) is 2. The zero-order valence-corrected chi connectivity index (χ0v) is 36.6. The molecular weight excluding hydrogens is 834 g/mol. The van der Waals surface area contributed by atoms with Crippen LogP contribution in [0.1, 0.15) is 78.7 Å². The molecule has 6 amide bonds. The number of nitrogens with zero attached hydrogens (tertiary/aromatic N) is 3. The van der Waals surface area contributed by atoms with Crippen LogP contribution in [0.3, 0.4) is 0 Å². The van der Waals surface area contributed by atoms with Crippen LogP contribution in [0.2, 0.25) is 5.02 Å². The van der Waals surface area contributed by atoms with E-state index in [4.69, 9.17) is 27.8 Å². The Labute approximate surface area is 365 Å². The molecule has 0 aromatic heterocycles. The molecule has 3 rings (SSSR count). The number of esters is 1. The van der Waals surface area contributed by atoms with Crippen molar-refractivity contribution in [1.82, 2.24) is 31.1 Å². The first-order valence-electron chi connectivity index (χ1n) is 20.7. The normalized spacial score (nSPS) is 27.3. The van der Waals surface area contributed by atoms with Crippen LogP contribution < -0.4 is 32.7 Å². The van der Waals surface area contributed by atoms with Gasteiger partial charge in [-0.15, -0.1) is 0 Å². The highest BCUT2D eigenvalue weighted by atomic mass is 35.5. The third-order valence-electron chi connectivity index (χ3n) is 11.4. The number of cyclic esters (lactones) is 1. The monoisotopic (exact) mass is 895 g/mol. The molecule has 1 aromatic rings. The van der Waals surface area contributed by atoms with E-state index < -0.39 is 115 Å². The van der Waals surface area contributed by atoms with E-state index in [2.05, 4.69) is 26.3 Å². The number of rotatable bonds is 13. The third kappa shape index (κ3) is 13.1. The van der Waals surface area contributed by atoms with Gasteiger partial charge < -0.3 is 67.7 Å². The van der Waals surface area contributed by atoms with Gasteiger partial charge in [-0.05, 0) is 62.1 Å². The predicted molar refractivity (Wildman–Crippen MR) is 224 cm³/mol. The number of piperidine rings is 1. The predicted octanol–water partition coefficient (Wildman–Crippen LogP) is -1.89. The molecule has 2 fully saturated rings. The molecule has 2 saturated heterocycles. The molecule has 12 N–H and O–H groups in total. The van der Waals surface area contributed by atoms with Crippen LogP contribution in [0.15, 0.2) is 23.2 Å². The topological polar surface area (TPSA) is 329 Å². The fourth-order valence-corrected chi connectivity index (χ4v) is 7.37. The number of nitrogens with one attached hydrogen (secondary N) is 4. The first kappa shape index (κ1) is 51.1. The maximum atomic E-state index is 14.8. The van der Waals surface area contributed by atoms with Crippen molar-refractivity contribution >= 4 is 59.0 Å². The smallest absolute Gasteiger partial charge is 0.329 e. The molecule has 1 aromatic carbocycles. The molecule has 346 valence electrons. The van der Waals surface area contributed by atoms with Gasteiger partial charge in [0.25, 0.3) is 5.91 Å². The number of fused-ring (bicyclic) bond motifs is 2. The number of carbonyl (C=O) groups is 7. The third-order valence-corrected chi connectivity index (χ3v) is 11.7. The lowest BCUT2D eigenvalue weighted by molar-refractivity contribution is -0.168. The number of amides is 6. The number of guanidine groups is 1. The Hall–Kier alpha value is -5.25. The summed E-state index contributed by atoms with van der Waals surface area (Å²) in [5.41, 5.74) is 11.3. The summed E-state index contributed by atoms with van der Waals surface area (Å²) in [6.45, 7) is 7.09. The first-order chi connectivity index (χ1) is 29.2. The zero-order chi connectivity index (χ0) is 46.6. The molecule has 22 heteroatoms. The van der Waals surface area contributed by atoms with Gasteiger partial charge in [-0.25, -0.2) is 4.79 Å². The van der Waals surface area contributed by atoms with Crippen molar-refractivity contribution in [2.24, 2.45) is 28.3 Å². The van der Waals surface area contributed by atoms with E-state index in [0.29, 0.717) is 18.4 Å². The van der Waals surface area contributed by atoms with Crippen LogP contribution in [-0.4, -0.2) is 152 Å². The van der Waals surface area contributed by atoms with Gasteiger partial charge in [0.05, 0.1) is 11.6 Å². The molecule has 0 saturated carbocycles. The quantitative estimate of drug-likeness (QED) is 0.0448. The minimum Gasteiger partial charge on any atom is -0.506 e. The highest BCUT2D eigenvalue weighted by molar-refractivity contribution is 6.32. The number of ether oxygens (including phenoxy) is 1. The molecule has 3 unspecified atom stereocenters. The second-order valence-corrected chi connectivity index (χ2v) is 16.3. The fraction of sp³-hybridized carbons (Fsp3) is 0.650. The number of hydrogen-bond donors (Lipinski definition) is 10. The summed E-state index contributed by atoms with van der Waals surface area (Å²) in [6, 6.07) is -4.53. The van der Waals surface area contributed by atoms with Gasteiger partial charge in [-0.2, -0.15) is 0 Å². The minimum absolute atomic E-state index is 0.0247. The van der Waals surface area contributed by atoms with E-state index in [1.807, 2.05) is 0 Å². The Kier molecular flexibility index (Phi) is 19.2. The van der Waals surface area contributed by atoms with E-state index in [1.54, 1.807) is 27.7 Å². The van der Waals surface area contributed by atoms with Gasteiger partial charge in [0, 0.05) is 20.0 Å². The van der Waals surface area contributed by atoms with Crippen molar-refractivity contribution in [3.63, 3.8) is 0 Å². The van der Waals surface area contributed by atoms with Crippen LogP contribution in [0.25, 0.3) is 0 Å². The summed E-state index contributed by atoms with van der Waals surface area (Å²) in [6.07, 6.45) is -4.73. The van der Waals surface area contributed by atoms with E-state index in [-0.39, 0.29) is 55.4 Å². The molecule has 2 aliphatic heterocycles. The molecule has 11 atom stereocenters. The van der Waals surface area contributed by atoms with Crippen LogP contribution in [-0.2, 0) is 44.7 Å². The van der Waals surface area contributed by atoms with Gasteiger partial charge in [0.2, 0.25) is 29.5 Å². The molecule has 0 aliphatic carbocycles. The van der Waals surface area contributed by atoms with Crippen LogP contribution in [0, 0.1) is 11.8 Å². The summed E-state index contributed by atoms with van der Waals surface area (Å²) in [5, 5.41) is 51.1. The van der Waals surface area contributed by atoms with Gasteiger partial charge in [0.1, 0.15) is 54.3 Å². The SMILES string of the molecule is CC[C@H](C)C1C(=O)N(C)[C@@H](Cc2ccc(O)c(Cl)c2)C(=O)N[C@@H]([C@@H](C)CC)C(=O)O[C@H](C)C(NC(=O)[C@H](O)CO)C(=O)NC(CCCN=C(N)N)C(=O)N[C@H]2CC[C@@H](O)N1C2=O. The molecule has 2 aliphatic rings. The lowest BCUT2D eigenvalue weighted by Gasteiger charge is -2.44. The van der Waals surface area contributed by atoms with Gasteiger partial charge in [-0.1, -0.05) is 58.2 Å². The van der Waals surface area contributed by atoms with Crippen molar-refractivity contribution < 1.29 is 58.7 Å². The number of aliphatic hydroxyl groups is 3. The maximum Gasteiger partial charge on any atom is 0.329 e. The summed E-state index contributed by atoms with van der Waals surface area (Å²) in [7, 11) is 1.34. The number of aliphatic imine (C=N–C) groups is 1. The molecule has 2 heterocycles. The number of likely N-dealkylation sites (N-methyl/N-ethyl adjacent to an activating group) is 1. The Balaban J connectivity index is 2.26. The number of hydrogen-bond acceptors (Lipinski definition) is 13. The number of halogens is 1. The molecule has 0 radical (unpaired) electrons. The van der Waals surface area contributed by atoms with E-state index >= 15 is 0 Å². The van der Waals surface area contributed by atoms with Crippen molar-refractivity contribution in [2.45, 2.75) is 134 Å². The number of aromatic hydroxyl groups is 1. The number of carbonyl (C=O) groups excluding carboxylic acids is 7. The van der Waals surface area contributed by atoms with Crippen LogP contribution >= 0.6 is 11.6 Å². The molecule has 2 bridgehead atoms. The van der Waals surface area contributed by atoms with Crippen LogP contribution in [0.4, 0.5) is 0 Å². The molecular formula is C40H62ClN9O12. The van der Waals surface area contributed by atoms with E-state index in [9.17, 15) is 54.0 Å². The van der Waals surface area contributed by atoms with Gasteiger partial charge in [0.15, 0.2) is 12.1 Å². The fourth-order valence-electron chi connectivity index (χ4n) is 7.17. The lowest BCUT2D eigenvalue weighted by Crippen LogP contribution is -2.66. The second-order valence-electron chi connectivity index (χ2n) is 15.9. The number of phenolic OH excluding ortho intramolecular Hbond substituents is 1. The summed E-state index contributed by atoms with van der Waals surface area (Å²) in [5.74, 6) is -8.31. The Morgan fingerprint density at radius 3 is 2.26 bits per heavy atom. The highest BCUT2D eigenvalue weighted by Crippen LogP contribution is 2.29. The Morgan fingerprint density at radius 1 is 1.00 bits per heavy atom. The number of aliphatic hydroxyl groups excluding tert-OH is 3.